The van der Waals surface area contributed by atoms with Crippen LogP contribution in [0.4, 0.5) is 5.69 Å². The average molecular weight is 312 g/mol. The molecule has 21 heavy (non-hydrogen) atoms. The molecule has 5 nitrogen and oxygen atoms in total. The van der Waals surface area contributed by atoms with Crippen molar-refractivity contribution in [2.24, 2.45) is 5.92 Å². The van der Waals surface area contributed by atoms with Gasteiger partial charge in [-0.2, -0.15) is 4.31 Å². The van der Waals surface area contributed by atoms with Gasteiger partial charge in [0.1, 0.15) is 0 Å². The standard InChI is InChI=1S/C15H24N2O3S/c1-12(2)8-9-17(21(4,19)20)11-15(18)16-14-7-5-6-13(3)10-14/h5-7,10,12H,8-9,11H2,1-4H3,(H,16,18). The summed E-state index contributed by atoms with van der Waals surface area (Å²) in [7, 11) is -3.38. The van der Waals surface area contributed by atoms with Gasteiger partial charge in [-0.1, -0.05) is 26.0 Å². The monoisotopic (exact) mass is 312 g/mol. The van der Waals surface area contributed by atoms with E-state index in [9.17, 15) is 13.2 Å². The second-order valence-corrected chi connectivity index (χ2v) is 7.68. The molecular weight excluding hydrogens is 288 g/mol. The second kappa shape index (κ2) is 7.56. The van der Waals surface area contributed by atoms with Gasteiger partial charge in [0.05, 0.1) is 12.8 Å². The van der Waals surface area contributed by atoms with Gasteiger partial charge in [-0.15, -0.1) is 0 Å². The average Bonchev–Trinajstić information content (AvgIpc) is 2.32. The highest BCUT2D eigenvalue weighted by molar-refractivity contribution is 7.88. The Morgan fingerprint density at radius 2 is 2.00 bits per heavy atom. The lowest BCUT2D eigenvalue weighted by Crippen LogP contribution is -2.38. The van der Waals surface area contributed by atoms with Crippen LogP contribution in [0.5, 0.6) is 0 Å². The number of anilines is 1. The van der Waals surface area contributed by atoms with Crippen molar-refractivity contribution >= 4 is 21.6 Å². The Labute approximate surface area is 127 Å². The molecule has 0 spiro atoms. The molecular formula is C15H24N2O3S. The van der Waals surface area contributed by atoms with E-state index in [1.807, 2.05) is 39.0 Å². The molecule has 0 saturated carbocycles. The van der Waals surface area contributed by atoms with E-state index in [-0.39, 0.29) is 12.5 Å². The van der Waals surface area contributed by atoms with Crippen molar-refractivity contribution in [1.29, 1.82) is 0 Å². The van der Waals surface area contributed by atoms with Gasteiger partial charge in [0.15, 0.2) is 0 Å². The largest absolute Gasteiger partial charge is 0.325 e. The summed E-state index contributed by atoms with van der Waals surface area (Å²) in [5, 5.41) is 2.73. The molecule has 0 fully saturated rings. The van der Waals surface area contributed by atoms with Gasteiger partial charge in [-0.3, -0.25) is 4.79 Å². The van der Waals surface area contributed by atoms with Crippen LogP contribution in [0.1, 0.15) is 25.8 Å². The maximum atomic E-state index is 12.0. The molecule has 0 atom stereocenters. The zero-order valence-corrected chi connectivity index (χ0v) is 13.9. The molecule has 0 aliphatic rings. The predicted octanol–water partition coefficient (Wildman–Crippen LogP) is 2.24. The summed E-state index contributed by atoms with van der Waals surface area (Å²) in [4.78, 5) is 12.0. The van der Waals surface area contributed by atoms with Gasteiger partial charge < -0.3 is 5.32 Å². The van der Waals surface area contributed by atoms with Crippen LogP contribution in [0, 0.1) is 12.8 Å². The van der Waals surface area contributed by atoms with Crippen molar-refractivity contribution < 1.29 is 13.2 Å². The molecule has 0 radical (unpaired) electrons. The first-order valence-corrected chi connectivity index (χ1v) is 8.85. The van der Waals surface area contributed by atoms with Crippen molar-refractivity contribution in [3.05, 3.63) is 29.8 Å². The zero-order valence-electron chi connectivity index (χ0n) is 13.1. The van der Waals surface area contributed by atoms with E-state index < -0.39 is 10.0 Å². The normalized spacial score (nSPS) is 11.9. The first-order valence-electron chi connectivity index (χ1n) is 7.00. The van der Waals surface area contributed by atoms with Gasteiger partial charge >= 0.3 is 0 Å². The van der Waals surface area contributed by atoms with E-state index in [2.05, 4.69) is 5.32 Å². The molecule has 0 bridgehead atoms. The number of hydrogen-bond donors (Lipinski definition) is 1. The number of sulfonamides is 1. The Balaban J connectivity index is 2.68. The quantitative estimate of drug-likeness (QED) is 0.839. The Hall–Kier alpha value is -1.40. The lowest BCUT2D eigenvalue weighted by Gasteiger charge is -2.20. The van der Waals surface area contributed by atoms with Crippen molar-refractivity contribution in [3.8, 4) is 0 Å². The maximum Gasteiger partial charge on any atom is 0.239 e. The Kier molecular flexibility index (Phi) is 6.36. The number of nitrogens with one attached hydrogen (secondary N) is 1. The van der Waals surface area contributed by atoms with Crippen LogP contribution >= 0.6 is 0 Å². The smallest absolute Gasteiger partial charge is 0.239 e. The van der Waals surface area contributed by atoms with E-state index in [0.29, 0.717) is 18.2 Å². The summed E-state index contributed by atoms with van der Waals surface area (Å²) in [6.07, 6.45) is 1.86. The number of carbonyl (C=O) groups is 1. The lowest BCUT2D eigenvalue weighted by atomic mass is 10.1. The highest BCUT2D eigenvalue weighted by Gasteiger charge is 2.20. The molecule has 1 aromatic rings. The third kappa shape index (κ3) is 6.73. The van der Waals surface area contributed by atoms with E-state index in [0.717, 1.165) is 18.2 Å². The summed E-state index contributed by atoms with van der Waals surface area (Å²) in [6, 6.07) is 7.40. The van der Waals surface area contributed by atoms with Crippen LogP contribution < -0.4 is 5.32 Å². The van der Waals surface area contributed by atoms with Crippen molar-refractivity contribution in [1.82, 2.24) is 4.31 Å². The SMILES string of the molecule is Cc1cccc(NC(=O)CN(CCC(C)C)S(C)(=O)=O)c1. The molecule has 1 amide bonds. The number of amides is 1. The van der Waals surface area contributed by atoms with Crippen LogP contribution in [0.3, 0.4) is 0 Å². The molecule has 0 aromatic heterocycles. The summed E-state index contributed by atoms with van der Waals surface area (Å²) >= 11 is 0. The van der Waals surface area contributed by atoms with Gasteiger partial charge in [0.25, 0.3) is 0 Å². The first kappa shape index (κ1) is 17.7. The minimum absolute atomic E-state index is 0.153. The maximum absolute atomic E-state index is 12.0. The van der Waals surface area contributed by atoms with Gasteiger partial charge in [-0.25, -0.2) is 8.42 Å². The highest BCUT2D eigenvalue weighted by Crippen LogP contribution is 2.10. The second-order valence-electron chi connectivity index (χ2n) is 5.70. The van der Waals surface area contributed by atoms with Crippen LogP contribution in [0.2, 0.25) is 0 Å². The summed E-state index contributed by atoms with van der Waals surface area (Å²) < 4.78 is 24.7. The molecule has 6 heteroatoms. The third-order valence-corrected chi connectivity index (χ3v) is 4.30. The molecule has 0 saturated heterocycles. The van der Waals surface area contributed by atoms with Crippen molar-refractivity contribution in [2.45, 2.75) is 27.2 Å². The van der Waals surface area contributed by atoms with Gasteiger partial charge in [0.2, 0.25) is 15.9 Å². The number of nitrogens with zero attached hydrogens (tertiary/aromatic N) is 1. The summed E-state index contributed by atoms with van der Waals surface area (Å²) in [6.45, 7) is 6.18. The van der Waals surface area contributed by atoms with Gasteiger partial charge in [-0.05, 0) is 37.0 Å². The molecule has 1 N–H and O–H groups in total. The van der Waals surface area contributed by atoms with Crippen LogP contribution in [-0.2, 0) is 14.8 Å². The number of benzene rings is 1. The molecule has 0 unspecified atom stereocenters. The van der Waals surface area contributed by atoms with E-state index in [1.54, 1.807) is 6.07 Å². The molecule has 0 aliphatic carbocycles. The van der Waals surface area contributed by atoms with Gasteiger partial charge in [0, 0.05) is 12.2 Å². The molecule has 0 aliphatic heterocycles. The number of rotatable bonds is 7. The molecule has 1 rings (SSSR count). The third-order valence-electron chi connectivity index (χ3n) is 3.05. The Bertz CT molecular complexity index is 582. The zero-order chi connectivity index (χ0) is 16.0. The first-order chi connectivity index (χ1) is 9.68. The predicted molar refractivity (Wildman–Crippen MR) is 85.7 cm³/mol. The van der Waals surface area contributed by atoms with Crippen LogP contribution in [-0.4, -0.2) is 38.0 Å². The minimum Gasteiger partial charge on any atom is -0.325 e. The highest BCUT2D eigenvalue weighted by atomic mass is 32.2. The van der Waals surface area contributed by atoms with E-state index in [4.69, 9.17) is 0 Å². The Morgan fingerprint density at radius 1 is 1.33 bits per heavy atom. The number of hydrogen-bond acceptors (Lipinski definition) is 3. The Morgan fingerprint density at radius 3 is 2.52 bits per heavy atom. The van der Waals surface area contributed by atoms with Crippen LogP contribution in [0.25, 0.3) is 0 Å². The summed E-state index contributed by atoms with van der Waals surface area (Å²) in [5.74, 6) is 0.0591. The fraction of sp³-hybridized carbons (Fsp3) is 0.533. The van der Waals surface area contributed by atoms with Crippen molar-refractivity contribution in [2.75, 3.05) is 24.7 Å². The fourth-order valence-electron chi connectivity index (χ4n) is 1.85. The lowest BCUT2D eigenvalue weighted by molar-refractivity contribution is -0.116. The molecule has 1 aromatic carbocycles. The molecule has 118 valence electrons. The van der Waals surface area contributed by atoms with Crippen LogP contribution in [0.15, 0.2) is 24.3 Å². The fourth-order valence-corrected chi connectivity index (χ4v) is 2.64. The summed E-state index contributed by atoms with van der Waals surface area (Å²) in [5.41, 5.74) is 1.71. The van der Waals surface area contributed by atoms with E-state index in [1.165, 1.54) is 4.31 Å². The molecule has 0 heterocycles. The minimum atomic E-state index is -3.38. The number of carbonyl (C=O) groups excluding carboxylic acids is 1. The van der Waals surface area contributed by atoms with E-state index >= 15 is 0 Å². The topological polar surface area (TPSA) is 66.5 Å². The number of aryl methyl sites for hydroxylation is 1. The van der Waals surface area contributed by atoms with Crippen molar-refractivity contribution in [3.63, 3.8) is 0 Å².